The van der Waals surface area contributed by atoms with E-state index in [1.807, 2.05) is 17.5 Å². The molecule has 1 atom stereocenters. The molecule has 1 unspecified atom stereocenters. The van der Waals surface area contributed by atoms with E-state index in [2.05, 4.69) is 43.4 Å². The number of benzene rings is 1. The molecule has 1 aromatic carbocycles. The lowest BCUT2D eigenvalue weighted by atomic mass is 9.85. The quantitative estimate of drug-likeness (QED) is 0.687. The molecule has 0 bridgehead atoms. The molecule has 0 saturated heterocycles. The smallest absolute Gasteiger partial charge is 0.303 e. The minimum Gasteiger partial charge on any atom is -0.481 e. The van der Waals surface area contributed by atoms with Crippen LogP contribution in [0.4, 0.5) is 0 Å². The van der Waals surface area contributed by atoms with Crippen LogP contribution in [-0.2, 0) is 9.59 Å². The third-order valence-electron chi connectivity index (χ3n) is 4.34. The molecule has 26 heavy (non-hydrogen) atoms. The summed E-state index contributed by atoms with van der Waals surface area (Å²) >= 11 is 1.60. The zero-order valence-corrected chi connectivity index (χ0v) is 16.6. The Kier molecular flexibility index (Phi) is 6.59. The number of carbonyl (C=O) groups is 2. The van der Waals surface area contributed by atoms with Crippen molar-refractivity contribution in [2.45, 2.75) is 52.5 Å². The van der Waals surface area contributed by atoms with Gasteiger partial charge in [0.2, 0.25) is 5.91 Å². The molecule has 2 rings (SSSR count). The highest BCUT2D eigenvalue weighted by atomic mass is 32.1. The van der Waals surface area contributed by atoms with Crippen LogP contribution in [0.3, 0.4) is 0 Å². The molecule has 1 aromatic heterocycles. The Hall–Kier alpha value is -2.14. The van der Waals surface area contributed by atoms with Crippen molar-refractivity contribution in [2.24, 2.45) is 5.41 Å². The lowest BCUT2D eigenvalue weighted by molar-refractivity contribution is -0.139. The monoisotopic (exact) mass is 373 g/mol. The number of amides is 1. The fraction of sp³-hybridized carbons (Fsp3) is 0.429. The van der Waals surface area contributed by atoms with E-state index in [0.717, 1.165) is 10.4 Å². The van der Waals surface area contributed by atoms with Crippen molar-refractivity contribution in [2.75, 3.05) is 0 Å². The molecule has 2 N–H and O–H groups in total. The van der Waals surface area contributed by atoms with Gasteiger partial charge in [0.15, 0.2) is 0 Å². The number of carbonyl (C=O) groups excluding carboxylic acids is 1. The van der Waals surface area contributed by atoms with Gasteiger partial charge >= 0.3 is 5.97 Å². The Bertz CT molecular complexity index is 733. The lowest BCUT2D eigenvalue weighted by Gasteiger charge is -2.24. The first kappa shape index (κ1) is 20.2. The number of thiophene rings is 1. The first-order valence-electron chi connectivity index (χ1n) is 8.82. The first-order valence-corrected chi connectivity index (χ1v) is 9.70. The molecule has 0 aliphatic rings. The third-order valence-corrected chi connectivity index (χ3v) is 5.28. The fourth-order valence-corrected chi connectivity index (χ4v) is 3.77. The third kappa shape index (κ3) is 5.70. The molecule has 0 aliphatic carbocycles. The first-order chi connectivity index (χ1) is 12.2. The number of hydrogen-bond acceptors (Lipinski definition) is 3. The van der Waals surface area contributed by atoms with E-state index in [-0.39, 0.29) is 24.8 Å². The van der Waals surface area contributed by atoms with Crippen molar-refractivity contribution in [1.82, 2.24) is 5.32 Å². The van der Waals surface area contributed by atoms with Gasteiger partial charge in [0.05, 0.1) is 12.5 Å². The predicted octanol–water partition coefficient (Wildman–Crippen LogP) is 4.97. The van der Waals surface area contributed by atoms with Crippen molar-refractivity contribution >= 4 is 23.2 Å². The number of carboxylic acid groups (broad SMARTS) is 1. The van der Waals surface area contributed by atoms with Gasteiger partial charge in [-0.15, -0.1) is 11.3 Å². The SMILES string of the molecule is CC(C)c1ccc(C(NC(=O)CC(C)(C)CC(=O)O)c2cccs2)cc1. The summed E-state index contributed by atoms with van der Waals surface area (Å²) in [6.07, 6.45) is 0.137. The van der Waals surface area contributed by atoms with Gasteiger partial charge in [-0.05, 0) is 33.9 Å². The van der Waals surface area contributed by atoms with E-state index >= 15 is 0 Å². The van der Waals surface area contributed by atoms with Crippen LogP contribution in [0.15, 0.2) is 41.8 Å². The molecule has 1 heterocycles. The summed E-state index contributed by atoms with van der Waals surface area (Å²) < 4.78 is 0. The number of carboxylic acids is 1. The molecule has 0 radical (unpaired) electrons. The number of aliphatic carboxylic acids is 1. The van der Waals surface area contributed by atoms with E-state index in [1.165, 1.54) is 5.56 Å². The van der Waals surface area contributed by atoms with E-state index in [0.29, 0.717) is 5.92 Å². The molecule has 0 aliphatic heterocycles. The summed E-state index contributed by atoms with van der Waals surface area (Å²) in [6, 6.07) is 12.1. The van der Waals surface area contributed by atoms with Gasteiger partial charge in [0.1, 0.15) is 0 Å². The fourth-order valence-electron chi connectivity index (χ4n) is 2.97. The number of hydrogen-bond donors (Lipinski definition) is 2. The number of rotatable bonds is 8. The predicted molar refractivity (Wildman–Crippen MR) is 105 cm³/mol. The van der Waals surface area contributed by atoms with Crippen LogP contribution in [0.25, 0.3) is 0 Å². The van der Waals surface area contributed by atoms with Crippen LogP contribution in [0.5, 0.6) is 0 Å². The molecule has 140 valence electrons. The maximum absolute atomic E-state index is 12.6. The van der Waals surface area contributed by atoms with Crippen LogP contribution >= 0.6 is 11.3 Å². The van der Waals surface area contributed by atoms with Gasteiger partial charge in [0, 0.05) is 11.3 Å². The molecule has 0 saturated carbocycles. The Morgan fingerprint density at radius 1 is 1.08 bits per heavy atom. The van der Waals surface area contributed by atoms with E-state index in [1.54, 1.807) is 25.2 Å². The summed E-state index contributed by atoms with van der Waals surface area (Å²) in [7, 11) is 0. The van der Waals surface area contributed by atoms with Crippen molar-refractivity contribution in [3.63, 3.8) is 0 Å². The average Bonchev–Trinajstić information content (AvgIpc) is 3.05. The Morgan fingerprint density at radius 3 is 2.19 bits per heavy atom. The topological polar surface area (TPSA) is 66.4 Å². The van der Waals surface area contributed by atoms with Crippen molar-refractivity contribution in [3.8, 4) is 0 Å². The van der Waals surface area contributed by atoms with Gasteiger partial charge in [-0.3, -0.25) is 9.59 Å². The minimum atomic E-state index is -0.887. The number of nitrogens with one attached hydrogen (secondary N) is 1. The van der Waals surface area contributed by atoms with Crippen LogP contribution in [0, 0.1) is 5.41 Å². The van der Waals surface area contributed by atoms with Crippen LogP contribution in [0.2, 0.25) is 0 Å². The Morgan fingerprint density at radius 2 is 1.69 bits per heavy atom. The standard InChI is InChI=1S/C21H27NO3S/c1-14(2)15-7-9-16(10-8-15)20(17-6-5-11-26-17)22-18(23)12-21(3,4)13-19(24)25/h5-11,14,20H,12-13H2,1-4H3,(H,22,23)(H,24,25). The Balaban J connectivity index is 2.18. The Labute approximate surface area is 159 Å². The maximum atomic E-state index is 12.6. The van der Waals surface area contributed by atoms with Gasteiger partial charge in [-0.1, -0.05) is 58.0 Å². The van der Waals surface area contributed by atoms with Crippen LogP contribution < -0.4 is 5.32 Å². The van der Waals surface area contributed by atoms with Crippen molar-refractivity contribution in [1.29, 1.82) is 0 Å². The molecule has 0 spiro atoms. The molecule has 0 fully saturated rings. The molecule has 4 nitrogen and oxygen atoms in total. The largest absolute Gasteiger partial charge is 0.481 e. The minimum absolute atomic E-state index is 0.0345. The van der Waals surface area contributed by atoms with Gasteiger partial charge in [-0.2, -0.15) is 0 Å². The van der Waals surface area contributed by atoms with E-state index in [4.69, 9.17) is 5.11 Å². The summed E-state index contributed by atoms with van der Waals surface area (Å²) in [6.45, 7) is 7.91. The highest BCUT2D eigenvalue weighted by Crippen LogP contribution is 2.29. The molecular weight excluding hydrogens is 346 g/mol. The van der Waals surface area contributed by atoms with Crippen molar-refractivity contribution < 1.29 is 14.7 Å². The summed E-state index contributed by atoms with van der Waals surface area (Å²) in [5.74, 6) is -0.569. The highest BCUT2D eigenvalue weighted by molar-refractivity contribution is 7.10. The van der Waals surface area contributed by atoms with Crippen LogP contribution in [-0.4, -0.2) is 17.0 Å². The second-order valence-electron chi connectivity index (χ2n) is 7.75. The van der Waals surface area contributed by atoms with Crippen molar-refractivity contribution in [3.05, 3.63) is 57.8 Å². The summed E-state index contributed by atoms with van der Waals surface area (Å²) in [5.41, 5.74) is 1.70. The van der Waals surface area contributed by atoms with E-state index < -0.39 is 11.4 Å². The lowest BCUT2D eigenvalue weighted by Crippen LogP contribution is -2.33. The summed E-state index contributed by atoms with van der Waals surface area (Å²) in [5, 5.41) is 14.1. The second kappa shape index (κ2) is 8.49. The molecular formula is C21H27NO3S. The maximum Gasteiger partial charge on any atom is 0.303 e. The van der Waals surface area contributed by atoms with Gasteiger partial charge in [0.25, 0.3) is 0 Å². The molecule has 2 aromatic rings. The zero-order valence-electron chi connectivity index (χ0n) is 15.8. The van der Waals surface area contributed by atoms with Crippen LogP contribution in [0.1, 0.15) is 68.5 Å². The average molecular weight is 374 g/mol. The van der Waals surface area contributed by atoms with Gasteiger partial charge < -0.3 is 10.4 Å². The van der Waals surface area contributed by atoms with Gasteiger partial charge in [-0.25, -0.2) is 0 Å². The second-order valence-corrected chi connectivity index (χ2v) is 8.73. The molecule has 1 amide bonds. The van der Waals surface area contributed by atoms with E-state index in [9.17, 15) is 9.59 Å². The normalized spacial score (nSPS) is 12.8. The summed E-state index contributed by atoms with van der Waals surface area (Å²) in [4.78, 5) is 24.6. The molecule has 5 heteroatoms. The zero-order chi connectivity index (χ0) is 19.3. The highest BCUT2D eigenvalue weighted by Gasteiger charge is 2.27.